The normalized spacial score (nSPS) is 10.9. The van der Waals surface area contributed by atoms with Crippen molar-refractivity contribution in [2.24, 2.45) is 0 Å². The molecule has 0 spiro atoms. The van der Waals surface area contributed by atoms with Gasteiger partial charge in [0.15, 0.2) is 5.82 Å². The number of carbonyl (C=O) groups is 1. The number of nitrogens with zero attached hydrogens (tertiary/aromatic N) is 3. The van der Waals surface area contributed by atoms with E-state index in [0.717, 1.165) is 6.42 Å². The van der Waals surface area contributed by atoms with E-state index in [9.17, 15) is 9.18 Å². The highest BCUT2D eigenvalue weighted by atomic mass is 32.1. The number of rotatable bonds is 6. The number of amides is 1. The number of hydrogen-bond donors (Lipinski definition) is 1. The molecule has 0 saturated heterocycles. The van der Waals surface area contributed by atoms with E-state index in [1.54, 1.807) is 46.5 Å². The molecule has 0 saturated carbocycles. The number of thiophene rings is 1. The molecule has 3 heterocycles. The fraction of sp³-hybridized carbons (Fsp3) is 0.100. The fourth-order valence-electron chi connectivity index (χ4n) is 2.88. The lowest BCUT2D eigenvalue weighted by molar-refractivity contribution is 0.0954. The van der Waals surface area contributed by atoms with E-state index in [-0.39, 0.29) is 5.91 Å². The zero-order valence-electron chi connectivity index (χ0n) is 14.4. The van der Waals surface area contributed by atoms with Crippen LogP contribution in [0.2, 0.25) is 0 Å². The van der Waals surface area contributed by atoms with Gasteiger partial charge in [0.25, 0.3) is 5.91 Å². The van der Waals surface area contributed by atoms with Crippen LogP contribution in [0.3, 0.4) is 0 Å². The van der Waals surface area contributed by atoms with Crippen LogP contribution in [0, 0.1) is 5.82 Å². The van der Waals surface area contributed by atoms with Crippen molar-refractivity contribution in [1.82, 2.24) is 19.7 Å². The lowest BCUT2D eigenvalue weighted by Crippen LogP contribution is -2.26. The van der Waals surface area contributed by atoms with Gasteiger partial charge >= 0.3 is 0 Å². The molecule has 0 atom stereocenters. The lowest BCUT2D eigenvalue weighted by atomic mass is 10.2. The van der Waals surface area contributed by atoms with Crippen molar-refractivity contribution in [3.8, 4) is 11.5 Å². The molecular weight excluding hydrogens is 363 g/mol. The van der Waals surface area contributed by atoms with Crippen LogP contribution in [-0.4, -0.2) is 26.8 Å². The predicted molar refractivity (Wildman–Crippen MR) is 103 cm³/mol. The second-order valence-electron chi connectivity index (χ2n) is 5.97. The average Bonchev–Trinajstić information content (AvgIpc) is 3.42. The number of para-hydroxylation sites is 1. The van der Waals surface area contributed by atoms with Crippen molar-refractivity contribution in [2.45, 2.75) is 6.42 Å². The smallest absolute Gasteiger partial charge is 0.256 e. The summed E-state index contributed by atoms with van der Waals surface area (Å²) in [6.07, 6.45) is 5.84. The highest BCUT2D eigenvalue weighted by Gasteiger charge is 2.21. The van der Waals surface area contributed by atoms with E-state index >= 15 is 0 Å². The summed E-state index contributed by atoms with van der Waals surface area (Å²) >= 11 is 1.63. The maximum absolute atomic E-state index is 14.3. The van der Waals surface area contributed by atoms with Crippen LogP contribution in [0.1, 0.15) is 15.9 Å². The maximum Gasteiger partial charge on any atom is 0.256 e. The highest BCUT2D eigenvalue weighted by Crippen LogP contribution is 2.21. The summed E-state index contributed by atoms with van der Waals surface area (Å²) in [5.41, 5.74) is 1.87. The van der Waals surface area contributed by atoms with Gasteiger partial charge in [0.2, 0.25) is 0 Å². The Morgan fingerprint density at radius 2 is 1.96 bits per heavy atom. The molecule has 4 rings (SSSR count). The van der Waals surface area contributed by atoms with Gasteiger partial charge in [-0.2, -0.15) is 16.4 Å². The molecule has 7 heteroatoms. The Labute approximate surface area is 159 Å². The Kier molecular flexibility index (Phi) is 4.84. The van der Waals surface area contributed by atoms with Crippen molar-refractivity contribution in [2.75, 3.05) is 6.54 Å². The van der Waals surface area contributed by atoms with Gasteiger partial charge in [-0.25, -0.2) is 9.07 Å². The van der Waals surface area contributed by atoms with Gasteiger partial charge in [-0.3, -0.25) is 4.79 Å². The second-order valence-corrected chi connectivity index (χ2v) is 6.75. The van der Waals surface area contributed by atoms with Crippen LogP contribution in [-0.2, 0) is 6.42 Å². The topological polar surface area (TPSA) is 51.9 Å². The molecule has 0 aliphatic rings. The number of halogens is 1. The summed E-state index contributed by atoms with van der Waals surface area (Å²) in [4.78, 5) is 12.7. The molecule has 1 N–H and O–H groups in total. The Morgan fingerprint density at radius 3 is 2.70 bits per heavy atom. The minimum Gasteiger partial charge on any atom is -0.352 e. The molecule has 1 aromatic carbocycles. The van der Waals surface area contributed by atoms with Crippen molar-refractivity contribution < 1.29 is 9.18 Å². The Balaban J connectivity index is 1.65. The molecule has 136 valence electrons. The van der Waals surface area contributed by atoms with Gasteiger partial charge in [0.05, 0.1) is 6.20 Å². The third-order valence-corrected chi connectivity index (χ3v) is 4.93. The van der Waals surface area contributed by atoms with Gasteiger partial charge in [-0.05, 0) is 53.1 Å². The summed E-state index contributed by atoms with van der Waals surface area (Å²) < 4.78 is 17.5. The van der Waals surface area contributed by atoms with E-state index in [0.29, 0.717) is 23.6 Å². The summed E-state index contributed by atoms with van der Waals surface area (Å²) in [6, 6.07) is 12.1. The van der Waals surface area contributed by atoms with E-state index in [4.69, 9.17) is 0 Å². The van der Waals surface area contributed by atoms with Crippen LogP contribution in [0.15, 0.2) is 71.8 Å². The second kappa shape index (κ2) is 7.59. The molecule has 0 bridgehead atoms. The molecule has 4 aromatic rings. The fourth-order valence-corrected chi connectivity index (χ4v) is 3.58. The van der Waals surface area contributed by atoms with Crippen molar-refractivity contribution in [3.63, 3.8) is 0 Å². The van der Waals surface area contributed by atoms with Crippen LogP contribution < -0.4 is 5.32 Å². The van der Waals surface area contributed by atoms with Crippen molar-refractivity contribution in [3.05, 3.63) is 88.8 Å². The van der Waals surface area contributed by atoms with E-state index < -0.39 is 5.82 Å². The Morgan fingerprint density at radius 1 is 1.15 bits per heavy atom. The van der Waals surface area contributed by atoms with Gasteiger partial charge in [0, 0.05) is 18.9 Å². The first-order valence-electron chi connectivity index (χ1n) is 8.49. The number of benzene rings is 1. The average molecular weight is 380 g/mol. The number of nitrogens with one attached hydrogen (secondary N) is 1. The van der Waals surface area contributed by atoms with E-state index in [1.165, 1.54) is 22.5 Å². The Bertz CT molecular complexity index is 1040. The minimum absolute atomic E-state index is 0.239. The Hall–Kier alpha value is -3.19. The first-order valence-corrected chi connectivity index (χ1v) is 9.44. The van der Waals surface area contributed by atoms with Crippen LogP contribution in [0.25, 0.3) is 11.5 Å². The molecule has 27 heavy (non-hydrogen) atoms. The summed E-state index contributed by atoms with van der Waals surface area (Å²) in [7, 11) is 0. The quantitative estimate of drug-likeness (QED) is 0.553. The summed E-state index contributed by atoms with van der Waals surface area (Å²) in [5.74, 6) is -0.145. The minimum atomic E-state index is -0.404. The molecule has 1 amide bonds. The van der Waals surface area contributed by atoms with Crippen molar-refractivity contribution >= 4 is 17.2 Å². The molecule has 0 unspecified atom stereocenters. The SMILES string of the molecule is O=C(NCCc1ccsc1)c1cnn(-c2ccccc2F)c1-n1cccc1. The zero-order valence-corrected chi connectivity index (χ0v) is 15.2. The van der Waals surface area contributed by atoms with E-state index in [1.807, 2.05) is 23.6 Å². The molecular formula is C20H17FN4OS. The molecule has 0 aliphatic heterocycles. The van der Waals surface area contributed by atoms with Gasteiger partial charge in [-0.15, -0.1) is 0 Å². The molecule has 0 fully saturated rings. The predicted octanol–water partition coefficient (Wildman–Crippen LogP) is 3.84. The third kappa shape index (κ3) is 3.54. The zero-order chi connectivity index (χ0) is 18.6. The standard InChI is InChI=1S/C20H17FN4OS/c21-17-5-1-2-6-18(17)25-20(24-10-3-4-11-24)16(13-23-25)19(26)22-9-7-15-8-12-27-14-15/h1-6,8,10-14H,7,9H2,(H,22,26). The maximum atomic E-state index is 14.3. The summed E-state index contributed by atoms with van der Waals surface area (Å²) in [6.45, 7) is 0.519. The highest BCUT2D eigenvalue weighted by molar-refractivity contribution is 7.07. The number of aromatic nitrogens is 3. The summed E-state index contributed by atoms with van der Waals surface area (Å²) in [5, 5.41) is 11.3. The van der Waals surface area contributed by atoms with Crippen molar-refractivity contribution in [1.29, 1.82) is 0 Å². The molecule has 5 nitrogen and oxygen atoms in total. The molecule has 0 aliphatic carbocycles. The number of hydrogen-bond acceptors (Lipinski definition) is 3. The van der Waals surface area contributed by atoms with Gasteiger partial charge < -0.3 is 9.88 Å². The number of carbonyl (C=O) groups excluding carboxylic acids is 1. The lowest BCUT2D eigenvalue weighted by Gasteiger charge is -2.11. The van der Waals surface area contributed by atoms with Crippen LogP contribution in [0.4, 0.5) is 4.39 Å². The van der Waals surface area contributed by atoms with Crippen LogP contribution in [0.5, 0.6) is 0 Å². The third-order valence-electron chi connectivity index (χ3n) is 4.20. The van der Waals surface area contributed by atoms with Gasteiger partial charge in [0.1, 0.15) is 17.1 Å². The first kappa shape index (κ1) is 17.2. The monoisotopic (exact) mass is 380 g/mol. The van der Waals surface area contributed by atoms with Gasteiger partial charge in [-0.1, -0.05) is 12.1 Å². The van der Waals surface area contributed by atoms with E-state index in [2.05, 4.69) is 15.8 Å². The molecule has 3 aromatic heterocycles. The first-order chi connectivity index (χ1) is 13.2. The largest absolute Gasteiger partial charge is 0.352 e. The molecule has 0 radical (unpaired) electrons. The van der Waals surface area contributed by atoms with Crippen LogP contribution >= 0.6 is 11.3 Å².